The van der Waals surface area contributed by atoms with Crippen LogP contribution in [0.25, 0.3) is 0 Å². The van der Waals surface area contributed by atoms with E-state index >= 15 is 0 Å². The van der Waals surface area contributed by atoms with Gasteiger partial charge in [-0.3, -0.25) is 14.4 Å². The molecule has 0 amide bonds. The zero-order valence-electron chi connectivity index (χ0n) is 53.2. The number of carbonyl (C=O) groups is 3. The lowest BCUT2D eigenvalue weighted by atomic mass is 10.0. The highest BCUT2D eigenvalue weighted by Gasteiger charge is 2.19. The van der Waals surface area contributed by atoms with Crippen molar-refractivity contribution < 1.29 is 28.6 Å². The molecule has 0 saturated heterocycles. The zero-order chi connectivity index (χ0) is 56.4. The first-order valence-corrected chi connectivity index (χ1v) is 35.7. The van der Waals surface area contributed by atoms with Crippen LogP contribution in [-0.4, -0.2) is 37.2 Å². The van der Waals surface area contributed by atoms with Gasteiger partial charge >= 0.3 is 17.9 Å². The van der Waals surface area contributed by atoms with E-state index in [1.807, 2.05) is 0 Å². The summed E-state index contributed by atoms with van der Waals surface area (Å²) in [5.74, 6) is -0.841. The summed E-state index contributed by atoms with van der Waals surface area (Å²) in [4.78, 5) is 38.1. The molecule has 0 aromatic heterocycles. The SMILES string of the molecule is CCCCCCCCCC/C=C\CCCCCCCCCCCCCCCCCCCCCC(=O)OCC(COC(=O)CCCCCCCC)OC(=O)CCCCCCCCCCCCCCCCCCCCCCCCC. The second-order valence-electron chi connectivity index (χ2n) is 24.5. The Kier molecular flexibility index (Phi) is 66.0. The van der Waals surface area contributed by atoms with Gasteiger partial charge in [0.25, 0.3) is 0 Å². The Hall–Kier alpha value is -1.85. The summed E-state index contributed by atoms with van der Waals surface area (Å²) in [6.45, 7) is 6.66. The fourth-order valence-electron chi connectivity index (χ4n) is 11.2. The standard InChI is InChI=1S/C72H138O6/c1-4-7-10-13-16-18-20-22-24-26-28-30-32-33-34-35-36-37-38-39-41-42-44-46-48-50-52-54-56-59-62-65-71(74)77-68-69(67-76-70(73)64-61-58-15-12-9-6-3)78-72(75)66-63-60-57-55-53-51-49-47-45-43-40-31-29-27-25-23-21-19-17-14-11-8-5-2/h26,28,69H,4-25,27,29-68H2,1-3H3/b28-26-. The average Bonchev–Trinajstić information content (AvgIpc) is 3.44. The molecular weight excluding hydrogens is 961 g/mol. The molecule has 0 radical (unpaired) electrons. The fourth-order valence-corrected chi connectivity index (χ4v) is 11.2. The summed E-state index contributed by atoms with van der Waals surface area (Å²) < 4.78 is 16.9. The molecule has 6 nitrogen and oxygen atoms in total. The van der Waals surface area contributed by atoms with E-state index in [4.69, 9.17) is 14.2 Å². The van der Waals surface area contributed by atoms with Gasteiger partial charge in [0.15, 0.2) is 6.10 Å². The van der Waals surface area contributed by atoms with E-state index < -0.39 is 6.10 Å². The van der Waals surface area contributed by atoms with Crippen LogP contribution < -0.4 is 0 Å². The quantitative estimate of drug-likeness (QED) is 0.0261. The van der Waals surface area contributed by atoms with E-state index in [0.717, 1.165) is 57.8 Å². The first-order valence-electron chi connectivity index (χ1n) is 35.7. The summed E-state index contributed by atoms with van der Waals surface area (Å²) in [5.41, 5.74) is 0. The molecule has 0 rings (SSSR count). The smallest absolute Gasteiger partial charge is 0.306 e. The Labute approximate surface area is 488 Å². The zero-order valence-corrected chi connectivity index (χ0v) is 53.2. The number of esters is 3. The van der Waals surface area contributed by atoms with E-state index in [1.165, 1.54) is 315 Å². The van der Waals surface area contributed by atoms with Gasteiger partial charge in [0.2, 0.25) is 0 Å². The van der Waals surface area contributed by atoms with Crippen LogP contribution >= 0.6 is 0 Å². The van der Waals surface area contributed by atoms with Gasteiger partial charge in [0.1, 0.15) is 13.2 Å². The fraction of sp³-hybridized carbons (Fsp3) is 0.931. The molecule has 0 bridgehead atoms. The van der Waals surface area contributed by atoms with Crippen molar-refractivity contribution in [3.05, 3.63) is 12.2 Å². The first-order chi connectivity index (χ1) is 38.5. The van der Waals surface area contributed by atoms with Crippen molar-refractivity contribution in [2.45, 2.75) is 419 Å². The van der Waals surface area contributed by atoms with E-state index in [2.05, 4.69) is 32.9 Å². The van der Waals surface area contributed by atoms with Crippen LogP contribution in [0, 0.1) is 0 Å². The average molecular weight is 1100 g/mol. The number of hydrogen-bond acceptors (Lipinski definition) is 6. The Morgan fingerprint density at radius 1 is 0.244 bits per heavy atom. The highest BCUT2D eigenvalue weighted by Crippen LogP contribution is 2.19. The minimum Gasteiger partial charge on any atom is -0.462 e. The molecular formula is C72H138O6. The van der Waals surface area contributed by atoms with Crippen molar-refractivity contribution >= 4 is 17.9 Å². The van der Waals surface area contributed by atoms with Crippen LogP contribution in [-0.2, 0) is 28.6 Å². The molecule has 1 unspecified atom stereocenters. The lowest BCUT2D eigenvalue weighted by Gasteiger charge is -2.18. The molecule has 462 valence electrons. The molecule has 0 heterocycles. The van der Waals surface area contributed by atoms with E-state index in [0.29, 0.717) is 19.3 Å². The highest BCUT2D eigenvalue weighted by atomic mass is 16.6. The number of carbonyl (C=O) groups excluding carboxylic acids is 3. The molecule has 78 heavy (non-hydrogen) atoms. The molecule has 0 aromatic carbocycles. The van der Waals surface area contributed by atoms with Gasteiger partial charge in [-0.25, -0.2) is 0 Å². The Morgan fingerprint density at radius 2 is 0.423 bits per heavy atom. The predicted octanol–water partition coefficient (Wildman–Crippen LogP) is 24.4. The van der Waals surface area contributed by atoms with Crippen molar-refractivity contribution in [2.75, 3.05) is 13.2 Å². The molecule has 0 aliphatic heterocycles. The molecule has 1 atom stereocenters. The monoisotopic (exact) mass is 1100 g/mol. The third-order valence-electron chi connectivity index (χ3n) is 16.5. The van der Waals surface area contributed by atoms with E-state index in [9.17, 15) is 14.4 Å². The van der Waals surface area contributed by atoms with Crippen LogP contribution in [0.15, 0.2) is 12.2 Å². The molecule has 0 aromatic rings. The van der Waals surface area contributed by atoms with Gasteiger partial charge < -0.3 is 14.2 Å². The van der Waals surface area contributed by atoms with Gasteiger partial charge in [-0.1, -0.05) is 360 Å². The number of rotatable bonds is 67. The third-order valence-corrected chi connectivity index (χ3v) is 16.5. The molecule has 0 aliphatic rings. The molecule has 0 spiro atoms. The first kappa shape index (κ1) is 76.1. The van der Waals surface area contributed by atoms with Crippen molar-refractivity contribution in [3.8, 4) is 0 Å². The Morgan fingerprint density at radius 3 is 0.641 bits per heavy atom. The number of hydrogen-bond donors (Lipinski definition) is 0. The topological polar surface area (TPSA) is 78.9 Å². The molecule has 0 N–H and O–H groups in total. The van der Waals surface area contributed by atoms with Gasteiger partial charge in [0, 0.05) is 19.3 Å². The van der Waals surface area contributed by atoms with E-state index in [-0.39, 0.29) is 31.1 Å². The Balaban J connectivity index is 3.93. The van der Waals surface area contributed by atoms with E-state index in [1.54, 1.807) is 0 Å². The van der Waals surface area contributed by atoms with Crippen LogP contribution in [0.3, 0.4) is 0 Å². The maximum atomic E-state index is 12.9. The van der Waals surface area contributed by atoms with Gasteiger partial charge in [-0.2, -0.15) is 0 Å². The lowest BCUT2D eigenvalue weighted by molar-refractivity contribution is -0.167. The van der Waals surface area contributed by atoms with Crippen LogP contribution in [0.1, 0.15) is 412 Å². The van der Waals surface area contributed by atoms with Crippen molar-refractivity contribution in [1.29, 1.82) is 0 Å². The molecule has 0 aliphatic carbocycles. The van der Waals surface area contributed by atoms with Crippen molar-refractivity contribution in [2.24, 2.45) is 0 Å². The predicted molar refractivity (Wildman–Crippen MR) is 340 cm³/mol. The van der Waals surface area contributed by atoms with Gasteiger partial charge in [-0.05, 0) is 44.9 Å². The van der Waals surface area contributed by atoms with Crippen molar-refractivity contribution in [1.82, 2.24) is 0 Å². The highest BCUT2D eigenvalue weighted by molar-refractivity contribution is 5.71. The number of allylic oxidation sites excluding steroid dienone is 2. The number of ether oxygens (including phenoxy) is 3. The van der Waals surface area contributed by atoms with Crippen LogP contribution in [0.4, 0.5) is 0 Å². The maximum Gasteiger partial charge on any atom is 0.306 e. The summed E-state index contributed by atoms with van der Waals surface area (Å²) in [6, 6.07) is 0. The second-order valence-corrected chi connectivity index (χ2v) is 24.5. The van der Waals surface area contributed by atoms with Crippen molar-refractivity contribution in [3.63, 3.8) is 0 Å². The largest absolute Gasteiger partial charge is 0.462 e. The third kappa shape index (κ3) is 65.0. The summed E-state index contributed by atoms with van der Waals surface area (Å²) >= 11 is 0. The van der Waals surface area contributed by atoms with Crippen LogP contribution in [0.5, 0.6) is 0 Å². The normalized spacial score (nSPS) is 12.0. The lowest BCUT2D eigenvalue weighted by Crippen LogP contribution is -2.30. The molecule has 0 saturated carbocycles. The minimum atomic E-state index is -0.763. The molecule has 6 heteroatoms. The van der Waals surface area contributed by atoms with Crippen LogP contribution in [0.2, 0.25) is 0 Å². The Bertz CT molecular complexity index is 1210. The maximum absolute atomic E-state index is 12.9. The summed E-state index contributed by atoms with van der Waals surface area (Å²) in [7, 11) is 0. The molecule has 0 fully saturated rings. The second kappa shape index (κ2) is 67.7. The summed E-state index contributed by atoms with van der Waals surface area (Å²) in [5, 5.41) is 0. The minimum absolute atomic E-state index is 0.0632. The van der Waals surface area contributed by atoms with Gasteiger partial charge in [0.05, 0.1) is 0 Å². The summed E-state index contributed by atoms with van der Waals surface area (Å²) in [6.07, 6.45) is 81.6. The number of unbranched alkanes of at least 4 members (excludes halogenated alkanes) is 54. The van der Waals surface area contributed by atoms with Gasteiger partial charge in [-0.15, -0.1) is 0 Å².